The zero-order valence-electron chi connectivity index (χ0n) is 9.44. The molecule has 4 nitrogen and oxygen atoms in total. The number of rotatable bonds is 1. The monoisotopic (exact) mass is 280 g/mol. The minimum atomic E-state index is -0.948. The van der Waals surface area contributed by atoms with E-state index < -0.39 is 11.6 Å². The van der Waals surface area contributed by atoms with E-state index in [1.54, 1.807) is 16.7 Å². The summed E-state index contributed by atoms with van der Waals surface area (Å²) >= 11 is 5.87. The van der Waals surface area contributed by atoms with Crippen LogP contribution in [0.25, 0.3) is 17.0 Å². The summed E-state index contributed by atoms with van der Waals surface area (Å²) in [6, 6.07) is 5.08. The Morgan fingerprint density at radius 1 is 1.11 bits per heavy atom. The number of halogens is 3. The van der Waals surface area contributed by atoms with Gasteiger partial charge in [0.15, 0.2) is 23.1 Å². The van der Waals surface area contributed by atoms with Crippen molar-refractivity contribution in [2.24, 2.45) is 0 Å². The fraction of sp³-hybridized carbons (Fsp3) is 0. The van der Waals surface area contributed by atoms with E-state index in [-0.39, 0.29) is 5.69 Å². The van der Waals surface area contributed by atoms with Crippen LogP contribution < -0.4 is 5.73 Å². The molecule has 0 spiro atoms. The molecule has 3 rings (SSSR count). The number of hydrogen-bond acceptors (Lipinski definition) is 3. The van der Waals surface area contributed by atoms with Gasteiger partial charge in [0.2, 0.25) is 0 Å². The normalized spacial score (nSPS) is 11.1. The minimum Gasteiger partial charge on any atom is -0.394 e. The van der Waals surface area contributed by atoms with Crippen molar-refractivity contribution in [2.45, 2.75) is 0 Å². The predicted octanol–water partition coefficient (Wildman–Crippen LogP) is 2.91. The topological polar surface area (TPSA) is 56.2 Å². The Balaban J connectivity index is 2.26. The number of nitrogens with two attached hydrogens (primary N) is 1. The molecule has 0 fully saturated rings. The van der Waals surface area contributed by atoms with Crippen molar-refractivity contribution in [1.29, 1.82) is 0 Å². The Morgan fingerprint density at radius 3 is 2.63 bits per heavy atom. The highest BCUT2D eigenvalue weighted by Gasteiger charge is 2.13. The Hall–Kier alpha value is -2.21. The van der Waals surface area contributed by atoms with Gasteiger partial charge in [0.25, 0.3) is 0 Å². The molecule has 0 aliphatic carbocycles. The highest BCUT2D eigenvalue weighted by atomic mass is 35.5. The molecular weight excluding hydrogens is 274 g/mol. The van der Waals surface area contributed by atoms with Crippen molar-refractivity contribution in [3.05, 3.63) is 47.1 Å². The van der Waals surface area contributed by atoms with E-state index in [9.17, 15) is 8.78 Å². The molecule has 96 valence electrons. The van der Waals surface area contributed by atoms with Crippen LogP contribution >= 0.6 is 11.6 Å². The summed E-state index contributed by atoms with van der Waals surface area (Å²) in [6.07, 6.45) is 1.62. The lowest BCUT2D eigenvalue weighted by Gasteiger charge is -2.03. The second-order valence-corrected chi connectivity index (χ2v) is 4.33. The minimum absolute atomic E-state index is 0.283. The first-order chi connectivity index (χ1) is 9.08. The SMILES string of the molecule is Nc1c(Cl)ccn2c(-c3ccc(F)c(F)c3)nnc12. The largest absolute Gasteiger partial charge is 0.394 e. The average molecular weight is 281 g/mol. The van der Waals surface area contributed by atoms with E-state index in [1.807, 2.05) is 0 Å². The summed E-state index contributed by atoms with van der Waals surface area (Å²) in [5.41, 5.74) is 6.82. The van der Waals surface area contributed by atoms with Gasteiger partial charge in [-0.1, -0.05) is 11.6 Å². The van der Waals surface area contributed by atoms with Crippen molar-refractivity contribution in [3.63, 3.8) is 0 Å². The van der Waals surface area contributed by atoms with Crippen LogP contribution in [0.4, 0.5) is 14.5 Å². The smallest absolute Gasteiger partial charge is 0.185 e. The summed E-state index contributed by atoms with van der Waals surface area (Å²) in [6.45, 7) is 0. The lowest BCUT2D eigenvalue weighted by molar-refractivity contribution is 0.509. The molecule has 0 aliphatic rings. The summed E-state index contributed by atoms with van der Waals surface area (Å²) < 4.78 is 27.7. The van der Waals surface area contributed by atoms with E-state index in [2.05, 4.69) is 10.2 Å². The number of aromatic nitrogens is 3. The van der Waals surface area contributed by atoms with Crippen LogP contribution in [0.5, 0.6) is 0 Å². The molecule has 0 saturated heterocycles. The first-order valence-corrected chi connectivity index (χ1v) is 5.70. The van der Waals surface area contributed by atoms with Gasteiger partial charge in [-0.15, -0.1) is 10.2 Å². The third-order valence-electron chi connectivity index (χ3n) is 2.74. The molecule has 2 N–H and O–H groups in total. The molecule has 3 aromatic rings. The van der Waals surface area contributed by atoms with E-state index in [0.717, 1.165) is 12.1 Å². The number of pyridine rings is 1. The van der Waals surface area contributed by atoms with Gasteiger partial charge in [0, 0.05) is 11.8 Å². The first kappa shape index (κ1) is 11.9. The summed E-state index contributed by atoms with van der Waals surface area (Å²) in [5, 5.41) is 8.18. The molecule has 1 aromatic carbocycles. The number of nitrogens with zero attached hydrogens (tertiary/aromatic N) is 3. The fourth-order valence-corrected chi connectivity index (χ4v) is 1.93. The molecule has 0 unspecified atom stereocenters. The van der Waals surface area contributed by atoms with Crippen molar-refractivity contribution in [1.82, 2.24) is 14.6 Å². The average Bonchev–Trinajstić information content (AvgIpc) is 2.82. The maximum atomic E-state index is 13.2. The maximum absolute atomic E-state index is 13.2. The number of nitrogen functional groups attached to an aromatic ring is 1. The summed E-state index contributed by atoms with van der Waals surface area (Å²) in [4.78, 5) is 0. The van der Waals surface area contributed by atoms with Crippen LogP contribution in [0.1, 0.15) is 0 Å². The number of benzene rings is 1. The Morgan fingerprint density at radius 2 is 1.89 bits per heavy atom. The zero-order valence-corrected chi connectivity index (χ0v) is 10.2. The third-order valence-corrected chi connectivity index (χ3v) is 3.07. The molecule has 19 heavy (non-hydrogen) atoms. The lowest BCUT2D eigenvalue weighted by Crippen LogP contribution is -1.95. The predicted molar refractivity (Wildman–Crippen MR) is 67.8 cm³/mol. The van der Waals surface area contributed by atoms with Gasteiger partial charge in [0.05, 0.1) is 10.7 Å². The van der Waals surface area contributed by atoms with Crippen LogP contribution in [-0.2, 0) is 0 Å². The van der Waals surface area contributed by atoms with Gasteiger partial charge in [-0.25, -0.2) is 8.78 Å². The van der Waals surface area contributed by atoms with Crippen LogP contribution in [-0.4, -0.2) is 14.6 Å². The highest BCUT2D eigenvalue weighted by molar-refractivity contribution is 6.33. The summed E-state index contributed by atoms with van der Waals surface area (Å²) in [7, 11) is 0. The van der Waals surface area contributed by atoms with Crippen LogP contribution in [0.2, 0.25) is 5.02 Å². The molecule has 2 aromatic heterocycles. The second-order valence-electron chi connectivity index (χ2n) is 3.92. The second kappa shape index (κ2) is 4.17. The first-order valence-electron chi connectivity index (χ1n) is 5.32. The number of anilines is 1. The van der Waals surface area contributed by atoms with Crippen molar-refractivity contribution in [3.8, 4) is 11.4 Å². The number of hydrogen-bond donors (Lipinski definition) is 1. The van der Waals surface area contributed by atoms with E-state index in [4.69, 9.17) is 17.3 Å². The quantitative estimate of drug-likeness (QED) is 0.746. The molecule has 0 bridgehead atoms. The van der Waals surface area contributed by atoms with Crippen LogP contribution in [0.3, 0.4) is 0 Å². The van der Waals surface area contributed by atoms with Crippen LogP contribution in [0, 0.1) is 11.6 Å². The molecule has 0 radical (unpaired) electrons. The highest BCUT2D eigenvalue weighted by Crippen LogP contribution is 2.26. The molecule has 7 heteroatoms. The Labute approximate surface area is 111 Å². The van der Waals surface area contributed by atoms with E-state index in [0.29, 0.717) is 22.1 Å². The fourth-order valence-electron chi connectivity index (χ4n) is 1.78. The number of fused-ring (bicyclic) bond motifs is 1. The van der Waals surface area contributed by atoms with E-state index in [1.165, 1.54) is 6.07 Å². The molecule has 0 aliphatic heterocycles. The maximum Gasteiger partial charge on any atom is 0.185 e. The third kappa shape index (κ3) is 1.80. The van der Waals surface area contributed by atoms with Crippen molar-refractivity contribution < 1.29 is 8.78 Å². The molecule has 0 saturated carbocycles. The van der Waals surface area contributed by atoms with Gasteiger partial charge in [0.1, 0.15) is 0 Å². The van der Waals surface area contributed by atoms with Gasteiger partial charge < -0.3 is 5.73 Å². The van der Waals surface area contributed by atoms with E-state index >= 15 is 0 Å². The summed E-state index contributed by atoms with van der Waals surface area (Å²) in [5.74, 6) is -1.51. The standard InChI is InChI=1S/C12H7ClF2N4/c13-7-3-4-19-11(17-18-12(19)10(7)16)6-1-2-8(14)9(15)5-6/h1-5H,16H2. The molecular formula is C12H7ClF2N4. The van der Waals surface area contributed by atoms with Gasteiger partial charge in [-0.3, -0.25) is 4.40 Å². The Kier molecular flexibility index (Phi) is 2.60. The Bertz CT molecular complexity index is 785. The van der Waals surface area contributed by atoms with Crippen molar-refractivity contribution in [2.75, 3.05) is 5.73 Å². The lowest BCUT2D eigenvalue weighted by atomic mass is 10.2. The zero-order chi connectivity index (χ0) is 13.6. The molecule has 2 heterocycles. The molecule has 0 amide bonds. The van der Waals surface area contributed by atoms with Gasteiger partial charge >= 0.3 is 0 Å². The van der Waals surface area contributed by atoms with Crippen molar-refractivity contribution >= 4 is 22.9 Å². The van der Waals surface area contributed by atoms with Gasteiger partial charge in [-0.2, -0.15) is 0 Å². The van der Waals surface area contributed by atoms with Gasteiger partial charge in [-0.05, 0) is 24.3 Å². The van der Waals surface area contributed by atoms with Crippen LogP contribution in [0.15, 0.2) is 30.5 Å². The molecule has 0 atom stereocenters.